The molecule has 0 unspecified atom stereocenters. The fraction of sp³-hybridized carbons (Fsp3) is 0.941. The number of hydrogen-bond donors (Lipinski definition) is 0. The molecule has 1 saturated carbocycles. The van der Waals surface area contributed by atoms with Crippen molar-refractivity contribution >= 4 is 0 Å². The lowest BCUT2D eigenvalue weighted by atomic mass is 10.1. The summed E-state index contributed by atoms with van der Waals surface area (Å²) in [6.45, 7) is 14.5. The first-order valence-electron chi connectivity index (χ1n) is 8.35. The zero-order valence-electron chi connectivity index (χ0n) is 15.1. The first kappa shape index (κ1) is 20.4. The summed E-state index contributed by atoms with van der Waals surface area (Å²) in [4.78, 5) is 4.49. The van der Waals surface area contributed by atoms with Gasteiger partial charge in [-0.15, -0.1) is 0 Å². The fourth-order valence-corrected chi connectivity index (χ4v) is 2.65. The van der Waals surface area contributed by atoms with Crippen LogP contribution >= 0.6 is 0 Å². The van der Waals surface area contributed by atoms with Gasteiger partial charge in [-0.1, -0.05) is 20.8 Å². The van der Waals surface area contributed by atoms with Crippen molar-refractivity contribution in [2.24, 2.45) is 5.92 Å². The second kappa shape index (κ2) is 10.2. The second-order valence-electron chi connectivity index (χ2n) is 6.19. The van der Waals surface area contributed by atoms with Gasteiger partial charge in [-0.3, -0.25) is 4.90 Å². The van der Waals surface area contributed by atoms with Crippen LogP contribution in [0.15, 0.2) is 0 Å². The number of nitriles is 1. The zero-order valence-corrected chi connectivity index (χ0v) is 15.1. The van der Waals surface area contributed by atoms with Crippen LogP contribution in [0.1, 0.15) is 47.5 Å². The van der Waals surface area contributed by atoms with E-state index in [1.807, 2.05) is 13.8 Å². The van der Waals surface area contributed by atoms with E-state index in [1.165, 1.54) is 6.54 Å². The number of nitrogens with zero attached hydrogens (tertiary/aromatic N) is 3. The van der Waals surface area contributed by atoms with Gasteiger partial charge in [0.1, 0.15) is 5.54 Å². The van der Waals surface area contributed by atoms with Crippen molar-refractivity contribution in [2.45, 2.75) is 59.0 Å². The standard InChI is InChI=1S/C9H16N2.C6H13NO.C2H6/c1-4-11(8(2)3)9(7-10)5-6-9;1-7(2)3-6-4-8-5-6;1-2/h8H,4-6H2,1-3H3;6H,3-5H2,1-2H3;1-2H3. The molecule has 2 rings (SSSR count). The molecule has 0 aromatic heterocycles. The Labute approximate surface area is 132 Å². The Balaban J connectivity index is 0.000000354. The van der Waals surface area contributed by atoms with E-state index < -0.39 is 0 Å². The number of rotatable bonds is 5. The van der Waals surface area contributed by atoms with E-state index in [0.29, 0.717) is 6.04 Å². The second-order valence-corrected chi connectivity index (χ2v) is 6.19. The molecule has 4 heteroatoms. The lowest BCUT2D eigenvalue weighted by Gasteiger charge is -2.29. The predicted molar refractivity (Wildman–Crippen MR) is 89.3 cm³/mol. The van der Waals surface area contributed by atoms with Gasteiger partial charge in [0.25, 0.3) is 0 Å². The van der Waals surface area contributed by atoms with Crippen LogP contribution < -0.4 is 0 Å². The SMILES string of the molecule is CC.CCN(C(C)C)C1(C#N)CC1.CN(C)CC1COC1. The molecule has 1 aliphatic heterocycles. The third-order valence-corrected chi connectivity index (χ3v) is 3.78. The molecule has 2 aliphatic rings. The molecule has 124 valence electrons. The van der Waals surface area contributed by atoms with Gasteiger partial charge < -0.3 is 9.64 Å². The average molecular weight is 297 g/mol. The summed E-state index contributed by atoms with van der Waals surface area (Å²) in [7, 11) is 4.19. The molecule has 0 aromatic rings. The van der Waals surface area contributed by atoms with E-state index in [-0.39, 0.29) is 5.54 Å². The average Bonchev–Trinajstić information content (AvgIpc) is 3.18. The van der Waals surface area contributed by atoms with Crippen molar-refractivity contribution in [3.05, 3.63) is 0 Å². The van der Waals surface area contributed by atoms with Crippen LogP contribution in [0.25, 0.3) is 0 Å². The fourth-order valence-electron chi connectivity index (χ4n) is 2.65. The third kappa shape index (κ3) is 6.78. The lowest BCUT2D eigenvalue weighted by molar-refractivity contribution is -0.0412. The first-order chi connectivity index (χ1) is 9.95. The highest BCUT2D eigenvalue weighted by molar-refractivity contribution is 5.19. The highest BCUT2D eigenvalue weighted by Crippen LogP contribution is 2.41. The normalized spacial score (nSPS) is 19.1. The Morgan fingerprint density at radius 1 is 1.24 bits per heavy atom. The Kier molecular flexibility index (Phi) is 9.85. The van der Waals surface area contributed by atoms with Crippen LogP contribution in [0.3, 0.4) is 0 Å². The van der Waals surface area contributed by atoms with Crippen LogP contribution in [-0.2, 0) is 4.74 Å². The molecule has 0 atom stereocenters. The van der Waals surface area contributed by atoms with E-state index in [9.17, 15) is 0 Å². The Bertz CT molecular complexity index is 302. The van der Waals surface area contributed by atoms with E-state index in [4.69, 9.17) is 10.00 Å². The molecule has 0 aromatic carbocycles. The molecule has 1 heterocycles. The molecule has 4 nitrogen and oxygen atoms in total. The molecule has 21 heavy (non-hydrogen) atoms. The molecular weight excluding hydrogens is 262 g/mol. The summed E-state index contributed by atoms with van der Waals surface area (Å²) in [5.41, 5.74) is -0.0804. The van der Waals surface area contributed by atoms with Crippen molar-refractivity contribution in [1.29, 1.82) is 5.26 Å². The molecule has 0 radical (unpaired) electrons. The summed E-state index contributed by atoms with van der Waals surface area (Å²) >= 11 is 0. The molecule has 0 amide bonds. The minimum Gasteiger partial charge on any atom is -0.381 e. The largest absolute Gasteiger partial charge is 0.381 e. The maximum atomic E-state index is 8.92. The number of ether oxygens (including phenoxy) is 1. The highest BCUT2D eigenvalue weighted by Gasteiger charge is 2.48. The summed E-state index contributed by atoms with van der Waals surface area (Å²) in [5, 5.41) is 8.92. The molecule has 0 spiro atoms. The van der Waals surface area contributed by atoms with E-state index in [2.05, 4.69) is 50.7 Å². The quantitative estimate of drug-likeness (QED) is 0.782. The maximum absolute atomic E-state index is 8.92. The Morgan fingerprint density at radius 2 is 1.76 bits per heavy atom. The van der Waals surface area contributed by atoms with Gasteiger partial charge in [-0.2, -0.15) is 5.26 Å². The van der Waals surface area contributed by atoms with Crippen LogP contribution in [0, 0.1) is 17.2 Å². The van der Waals surface area contributed by atoms with Crippen LogP contribution in [0.2, 0.25) is 0 Å². The van der Waals surface area contributed by atoms with Gasteiger partial charge in [0.2, 0.25) is 0 Å². The monoisotopic (exact) mass is 297 g/mol. The van der Waals surface area contributed by atoms with Gasteiger partial charge in [-0.05, 0) is 47.3 Å². The minimum absolute atomic E-state index is 0.0804. The lowest BCUT2D eigenvalue weighted by Crippen LogP contribution is -2.41. The van der Waals surface area contributed by atoms with E-state index >= 15 is 0 Å². The predicted octanol–water partition coefficient (Wildman–Crippen LogP) is 2.99. The molecule has 0 N–H and O–H groups in total. The summed E-state index contributed by atoms with van der Waals surface area (Å²) in [6.07, 6.45) is 2.13. The molecule has 1 saturated heterocycles. The summed E-state index contributed by atoms with van der Waals surface area (Å²) in [5.74, 6) is 0.810. The molecular formula is C17H35N3O. The van der Waals surface area contributed by atoms with E-state index in [1.54, 1.807) is 0 Å². The first-order valence-corrected chi connectivity index (χ1v) is 8.35. The van der Waals surface area contributed by atoms with Gasteiger partial charge in [0, 0.05) is 18.5 Å². The summed E-state index contributed by atoms with van der Waals surface area (Å²) in [6, 6.07) is 2.91. The smallest absolute Gasteiger partial charge is 0.109 e. The van der Waals surface area contributed by atoms with Gasteiger partial charge in [0.05, 0.1) is 19.3 Å². The number of hydrogen-bond acceptors (Lipinski definition) is 4. The molecule has 2 fully saturated rings. The van der Waals surface area contributed by atoms with Crippen LogP contribution in [0.4, 0.5) is 0 Å². The summed E-state index contributed by atoms with van der Waals surface area (Å²) < 4.78 is 5.01. The highest BCUT2D eigenvalue weighted by atomic mass is 16.5. The maximum Gasteiger partial charge on any atom is 0.109 e. The van der Waals surface area contributed by atoms with Crippen molar-refractivity contribution in [1.82, 2.24) is 9.80 Å². The Morgan fingerprint density at radius 3 is 1.86 bits per heavy atom. The van der Waals surface area contributed by atoms with Gasteiger partial charge in [0.15, 0.2) is 0 Å². The van der Waals surface area contributed by atoms with Crippen LogP contribution in [-0.4, -0.2) is 61.8 Å². The molecule has 0 bridgehead atoms. The van der Waals surface area contributed by atoms with Crippen LogP contribution in [0.5, 0.6) is 0 Å². The van der Waals surface area contributed by atoms with Crippen molar-refractivity contribution < 1.29 is 4.74 Å². The van der Waals surface area contributed by atoms with Crippen molar-refractivity contribution in [3.63, 3.8) is 0 Å². The minimum atomic E-state index is -0.0804. The topological polar surface area (TPSA) is 39.5 Å². The van der Waals surface area contributed by atoms with Gasteiger partial charge in [-0.25, -0.2) is 0 Å². The third-order valence-electron chi connectivity index (χ3n) is 3.78. The van der Waals surface area contributed by atoms with Gasteiger partial charge >= 0.3 is 0 Å². The Hall–Kier alpha value is -0.630. The van der Waals surface area contributed by atoms with E-state index in [0.717, 1.165) is 38.5 Å². The zero-order chi connectivity index (χ0) is 16.5. The molecule has 1 aliphatic carbocycles. The van der Waals surface area contributed by atoms with Crippen molar-refractivity contribution in [2.75, 3.05) is 40.4 Å². The van der Waals surface area contributed by atoms with Crippen molar-refractivity contribution in [3.8, 4) is 6.07 Å².